The van der Waals surface area contributed by atoms with Gasteiger partial charge in [-0.15, -0.1) is 0 Å². The minimum absolute atomic E-state index is 0.680. The van der Waals surface area contributed by atoms with Crippen molar-refractivity contribution in [1.29, 1.82) is 0 Å². The van der Waals surface area contributed by atoms with Crippen molar-refractivity contribution in [3.05, 3.63) is 0 Å². The smallest absolute Gasteiger partial charge is 0.374 e. The molecular formula is C14H31NO3Si. The fraction of sp³-hybridized carbons (Fsp3) is 1.00. The van der Waals surface area contributed by atoms with Crippen LogP contribution in [0, 0.1) is 5.92 Å². The van der Waals surface area contributed by atoms with Gasteiger partial charge in [-0.3, -0.25) is 0 Å². The molecule has 0 radical (unpaired) electrons. The second kappa shape index (κ2) is 9.88. The van der Waals surface area contributed by atoms with Crippen LogP contribution in [0.4, 0.5) is 0 Å². The molecule has 0 aliphatic carbocycles. The number of hydrogen-bond acceptors (Lipinski definition) is 4. The number of piperidine rings is 1. The molecule has 1 rings (SSSR count). The molecule has 1 N–H and O–H groups in total. The third kappa shape index (κ3) is 6.36. The van der Waals surface area contributed by atoms with E-state index in [9.17, 15) is 0 Å². The van der Waals surface area contributed by atoms with E-state index in [-0.39, 0.29) is 0 Å². The highest BCUT2D eigenvalue weighted by molar-refractivity contribution is 6.60. The van der Waals surface area contributed by atoms with E-state index in [1.807, 2.05) is 20.8 Å². The van der Waals surface area contributed by atoms with Gasteiger partial charge in [0.15, 0.2) is 0 Å². The van der Waals surface area contributed by atoms with Gasteiger partial charge in [0.25, 0.3) is 0 Å². The van der Waals surface area contributed by atoms with Crippen LogP contribution in [0.5, 0.6) is 0 Å². The van der Waals surface area contributed by atoms with Gasteiger partial charge in [-0.25, -0.2) is 0 Å². The van der Waals surface area contributed by atoms with Crippen LogP contribution in [0.3, 0.4) is 0 Å². The standard InChI is InChI=1S/C14H31NO3Si/c1-4-16-19(17-5-2,18-6-3)13-7-8-14-9-11-15-12-10-14/h14-15H,4-13H2,1-3H3. The Morgan fingerprint density at radius 2 is 1.47 bits per heavy atom. The number of hydrogen-bond donors (Lipinski definition) is 1. The molecule has 0 aromatic carbocycles. The molecule has 0 amide bonds. The normalized spacial score (nSPS) is 17.8. The molecule has 0 aromatic heterocycles. The first-order valence-corrected chi connectivity index (χ1v) is 9.82. The van der Waals surface area contributed by atoms with Crippen LogP contribution in [0.15, 0.2) is 0 Å². The van der Waals surface area contributed by atoms with E-state index in [0.29, 0.717) is 19.8 Å². The Morgan fingerprint density at radius 3 is 1.95 bits per heavy atom. The molecule has 1 heterocycles. The Morgan fingerprint density at radius 1 is 0.947 bits per heavy atom. The Kier molecular flexibility index (Phi) is 8.90. The van der Waals surface area contributed by atoms with E-state index in [2.05, 4.69) is 5.32 Å². The summed E-state index contributed by atoms with van der Waals surface area (Å²) in [5.41, 5.74) is 0. The van der Waals surface area contributed by atoms with Crippen molar-refractivity contribution in [2.24, 2.45) is 5.92 Å². The maximum atomic E-state index is 5.88. The predicted octanol–water partition coefficient (Wildman–Crippen LogP) is 2.81. The highest BCUT2D eigenvalue weighted by Crippen LogP contribution is 2.24. The van der Waals surface area contributed by atoms with Crippen molar-refractivity contribution in [2.45, 2.75) is 52.5 Å². The zero-order valence-electron chi connectivity index (χ0n) is 12.9. The fourth-order valence-corrected chi connectivity index (χ4v) is 5.42. The van der Waals surface area contributed by atoms with Crippen LogP contribution in [0.2, 0.25) is 6.04 Å². The van der Waals surface area contributed by atoms with Crippen molar-refractivity contribution in [1.82, 2.24) is 5.32 Å². The topological polar surface area (TPSA) is 39.7 Å². The van der Waals surface area contributed by atoms with Gasteiger partial charge in [-0.05, 0) is 59.0 Å². The molecule has 19 heavy (non-hydrogen) atoms. The highest BCUT2D eigenvalue weighted by atomic mass is 28.4. The van der Waals surface area contributed by atoms with Crippen LogP contribution in [0.25, 0.3) is 0 Å². The van der Waals surface area contributed by atoms with Crippen molar-refractivity contribution >= 4 is 8.80 Å². The molecule has 0 atom stereocenters. The molecule has 0 unspecified atom stereocenters. The van der Waals surface area contributed by atoms with E-state index < -0.39 is 8.80 Å². The lowest BCUT2D eigenvalue weighted by molar-refractivity contribution is 0.0702. The molecule has 1 aliphatic rings. The number of nitrogens with one attached hydrogen (secondary N) is 1. The summed E-state index contributed by atoms with van der Waals surface area (Å²) in [4.78, 5) is 0. The van der Waals surface area contributed by atoms with Crippen LogP contribution in [0.1, 0.15) is 46.5 Å². The second-order valence-electron chi connectivity index (χ2n) is 5.07. The summed E-state index contributed by atoms with van der Waals surface area (Å²) in [5.74, 6) is 0.873. The van der Waals surface area contributed by atoms with Gasteiger partial charge in [0.05, 0.1) is 0 Å². The van der Waals surface area contributed by atoms with Crippen molar-refractivity contribution in [2.75, 3.05) is 32.9 Å². The predicted molar refractivity (Wildman–Crippen MR) is 80.3 cm³/mol. The first kappa shape index (κ1) is 17.1. The summed E-state index contributed by atoms with van der Waals surface area (Å²) < 4.78 is 17.6. The maximum absolute atomic E-state index is 5.88. The molecule has 1 aliphatic heterocycles. The average molecular weight is 289 g/mol. The van der Waals surface area contributed by atoms with Crippen molar-refractivity contribution in [3.63, 3.8) is 0 Å². The quantitative estimate of drug-likeness (QED) is 0.628. The van der Waals surface area contributed by atoms with Gasteiger partial charge in [-0.1, -0.05) is 6.42 Å². The molecular weight excluding hydrogens is 258 g/mol. The van der Waals surface area contributed by atoms with Gasteiger partial charge < -0.3 is 18.6 Å². The van der Waals surface area contributed by atoms with Crippen LogP contribution < -0.4 is 5.32 Å². The molecule has 0 aromatic rings. The lowest BCUT2D eigenvalue weighted by atomic mass is 9.94. The molecule has 0 saturated carbocycles. The summed E-state index contributed by atoms with van der Waals surface area (Å²) in [6.07, 6.45) is 5.07. The lowest BCUT2D eigenvalue weighted by Crippen LogP contribution is -2.46. The van der Waals surface area contributed by atoms with Gasteiger partial charge >= 0.3 is 8.80 Å². The highest BCUT2D eigenvalue weighted by Gasteiger charge is 2.39. The Bertz CT molecular complexity index is 206. The summed E-state index contributed by atoms with van der Waals surface area (Å²) in [6.45, 7) is 10.5. The largest absolute Gasteiger partial charge is 0.500 e. The average Bonchev–Trinajstić information content (AvgIpc) is 2.41. The third-order valence-electron chi connectivity index (χ3n) is 3.65. The van der Waals surface area contributed by atoms with Crippen molar-refractivity contribution in [3.8, 4) is 0 Å². The second-order valence-corrected chi connectivity index (χ2v) is 7.80. The molecule has 1 saturated heterocycles. The zero-order valence-corrected chi connectivity index (χ0v) is 13.9. The molecule has 0 bridgehead atoms. The number of rotatable bonds is 10. The molecule has 1 fully saturated rings. The van der Waals surface area contributed by atoms with E-state index in [0.717, 1.165) is 18.4 Å². The van der Waals surface area contributed by atoms with Crippen LogP contribution >= 0.6 is 0 Å². The summed E-state index contributed by atoms with van der Waals surface area (Å²) in [5, 5.41) is 3.42. The van der Waals surface area contributed by atoms with Crippen LogP contribution in [-0.2, 0) is 13.3 Å². The van der Waals surface area contributed by atoms with Gasteiger partial charge in [0.2, 0.25) is 0 Å². The first-order chi connectivity index (χ1) is 9.26. The molecule has 5 heteroatoms. The maximum Gasteiger partial charge on any atom is 0.500 e. The third-order valence-corrected chi connectivity index (χ3v) is 6.80. The zero-order chi connectivity index (χ0) is 14.0. The van der Waals surface area contributed by atoms with Crippen LogP contribution in [-0.4, -0.2) is 41.7 Å². The summed E-state index contributed by atoms with van der Waals surface area (Å²) in [6, 6.07) is 0.965. The minimum Gasteiger partial charge on any atom is -0.374 e. The first-order valence-electron chi connectivity index (χ1n) is 7.89. The molecule has 0 spiro atoms. The molecule has 4 nitrogen and oxygen atoms in total. The van der Waals surface area contributed by atoms with E-state index in [4.69, 9.17) is 13.3 Å². The fourth-order valence-electron chi connectivity index (χ4n) is 2.78. The summed E-state index contributed by atoms with van der Waals surface area (Å²) >= 11 is 0. The SMILES string of the molecule is CCO[Si](CCCC1CCNCC1)(OCC)OCC. The van der Waals surface area contributed by atoms with Gasteiger partial charge in [-0.2, -0.15) is 0 Å². The lowest BCUT2D eigenvalue weighted by Gasteiger charge is -2.29. The summed E-state index contributed by atoms with van der Waals surface area (Å²) in [7, 11) is -2.40. The monoisotopic (exact) mass is 289 g/mol. The van der Waals surface area contributed by atoms with E-state index >= 15 is 0 Å². The van der Waals surface area contributed by atoms with E-state index in [1.165, 1.54) is 32.4 Å². The van der Waals surface area contributed by atoms with Gasteiger partial charge in [0.1, 0.15) is 0 Å². The van der Waals surface area contributed by atoms with Gasteiger partial charge in [0, 0.05) is 25.9 Å². The Balaban J connectivity index is 2.36. The van der Waals surface area contributed by atoms with E-state index in [1.54, 1.807) is 0 Å². The molecule has 114 valence electrons. The van der Waals surface area contributed by atoms with Crippen molar-refractivity contribution < 1.29 is 13.3 Å². The minimum atomic E-state index is -2.40. The Hall–Kier alpha value is 0.0569. The Labute approximate surface area is 119 Å².